The van der Waals surface area contributed by atoms with E-state index in [1.807, 2.05) is 45.3 Å². The van der Waals surface area contributed by atoms with Crippen LogP contribution in [-0.2, 0) is 0 Å². The van der Waals surface area contributed by atoms with E-state index in [9.17, 15) is 9.59 Å². The predicted octanol–water partition coefficient (Wildman–Crippen LogP) is 2.50. The second-order valence-electron chi connectivity index (χ2n) is 6.12. The number of amides is 2. The van der Waals surface area contributed by atoms with Crippen molar-refractivity contribution in [3.63, 3.8) is 0 Å². The van der Waals surface area contributed by atoms with Gasteiger partial charge in [-0.15, -0.1) is 0 Å². The molecule has 1 heterocycles. The van der Waals surface area contributed by atoms with Crippen molar-refractivity contribution >= 4 is 22.8 Å². The summed E-state index contributed by atoms with van der Waals surface area (Å²) in [4.78, 5) is 23.5. The monoisotopic (exact) mass is 399 g/mol. The summed E-state index contributed by atoms with van der Waals surface area (Å²) in [7, 11) is 3.75. The Morgan fingerprint density at radius 3 is 2.31 bits per heavy atom. The van der Waals surface area contributed by atoms with Gasteiger partial charge in [0, 0.05) is 16.5 Å². The molecule has 8 nitrogen and oxygen atoms in total. The lowest BCUT2D eigenvalue weighted by atomic mass is 10.1. The van der Waals surface area contributed by atoms with Crippen LogP contribution < -0.4 is 20.9 Å². The molecule has 4 N–H and O–H groups in total. The minimum absolute atomic E-state index is 0.260. The Labute approximate surface area is 168 Å². The first-order valence-corrected chi connectivity index (χ1v) is 9.04. The lowest BCUT2D eigenvalue weighted by Gasteiger charge is -2.08. The number of furan rings is 1. The number of aryl methyl sites for hydroxylation is 1. The standard InChI is InChI=1S/C19H18N2O5.C2H7N/c1-12-15-4-2-3-5-16(15)26-17(12)19(23)20-10-11-25-14-8-6-13(7-9-14)18(22)21-24;1-3-2/h2-9,24H,10-11H2,1H3,(H,20,23)(H,21,22);3H,1-2H3. The number of hydrogen-bond donors (Lipinski definition) is 4. The number of carbonyl (C=O) groups excluding carboxylic acids is 2. The van der Waals surface area contributed by atoms with Gasteiger partial charge in [0.2, 0.25) is 0 Å². The van der Waals surface area contributed by atoms with E-state index >= 15 is 0 Å². The Balaban J connectivity index is 0.000000941. The molecule has 0 bridgehead atoms. The molecule has 1 aromatic heterocycles. The smallest absolute Gasteiger partial charge is 0.287 e. The molecule has 2 amide bonds. The van der Waals surface area contributed by atoms with Crippen LogP contribution in [0.2, 0.25) is 0 Å². The number of fused-ring (bicyclic) bond motifs is 1. The van der Waals surface area contributed by atoms with Crippen LogP contribution in [0.5, 0.6) is 5.75 Å². The van der Waals surface area contributed by atoms with E-state index in [1.165, 1.54) is 12.1 Å². The van der Waals surface area contributed by atoms with Crippen LogP contribution in [0, 0.1) is 6.92 Å². The van der Waals surface area contributed by atoms with Crippen molar-refractivity contribution < 1.29 is 24.0 Å². The zero-order valence-corrected chi connectivity index (χ0v) is 16.6. The molecular formula is C21H25N3O5. The molecule has 154 valence electrons. The van der Waals surface area contributed by atoms with Gasteiger partial charge in [0.25, 0.3) is 11.8 Å². The summed E-state index contributed by atoms with van der Waals surface area (Å²) in [6.45, 7) is 2.41. The molecule has 0 radical (unpaired) electrons. The van der Waals surface area contributed by atoms with Crippen LogP contribution >= 0.6 is 0 Å². The quantitative estimate of drug-likeness (QED) is 0.288. The number of hydroxylamine groups is 1. The first kappa shape index (κ1) is 21.9. The molecule has 0 spiro atoms. The summed E-state index contributed by atoms with van der Waals surface area (Å²) in [5, 5.41) is 15.0. The molecule has 0 atom stereocenters. The Morgan fingerprint density at radius 2 is 1.69 bits per heavy atom. The average Bonchev–Trinajstić information content (AvgIpc) is 3.08. The molecule has 29 heavy (non-hydrogen) atoms. The number of nitrogens with one attached hydrogen (secondary N) is 3. The van der Waals surface area contributed by atoms with Gasteiger partial charge < -0.3 is 19.8 Å². The fourth-order valence-corrected chi connectivity index (χ4v) is 2.57. The van der Waals surface area contributed by atoms with Crippen molar-refractivity contribution in [1.29, 1.82) is 0 Å². The van der Waals surface area contributed by atoms with Crippen molar-refractivity contribution in [3.8, 4) is 5.75 Å². The molecule has 3 rings (SSSR count). The first-order chi connectivity index (χ1) is 14.0. The number of ether oxygens (including phenoxy) is 1. The Kier molecular flexibility index (Phi) is 8.20. The lowest BCUT2D eigenvalue weighted by molar-refractivity contribution is 0.0706. The van der Waals surface area contributed by atoms with Gasteiger partial charge in [-0.05, 0) is 51.4 Å². The summed E-state index contributed by atoms with van der Waals surface area (Å²) in [6, 6.07) is 13.8. The molecule has 8 heteroatoms. The van der Waals surface area contributed by atoms with Crippen LogP contribution in [0.1, 0.15) is 26.5 Å². The number of hydrogen-bond acceptors (Lipinski definition) is 6. The lowest BCUT2D eigenvalue weighted by Crippen LogP contribution is -2.28. The van der Waals surface area contributed by atoms with E-state index in [2.05, 4.69) is 10.6 Å². The SMILES string of the molecule is CNC.Cc1c(C(=O)NCCOc2ccc(C(=O)NO)cc2)oc2ccccc12. The van der Waals surface area contributed by atoms with E-state index in [4.69, 9.17) is 14.4 Å². The molecule has 0 aliphatic heterocycles. The normalized spacial score (nSPS) is 10.1. The van der Waals surface area contributed by atoms with Gasteiger partial charge in [-0.3, -0.25) is 14.8 Å². The van der Waals surface area contributed by atoms with Crippen LogP contribution in [0.25, 0.3) is 11.0 Å². The molecule has 0 saturated carbocycles. The van der Waals surface area contributed by atoms with Crippen molar-refractivity contribution in [2.45, 2.75) is 6.92 Å². The molecule has 0 fully saturated rings. The number of rotatable bonds is 6. The van der Waals surface area contributed by atoms with Crippen LogP contribution in [0.15, 0.2) is 52.9 Å². The van der Waals surface area contributed by atoms with E-state index in [0.717, 1.165) is 10.9 Å². The largest absolute Gasteiger partial charge is 0.492 e. The maximum absolute atomic E-state index is 12.3. The fraction of sp³-hybridized carbons (Fsp3) is 0.238. The van der Waals surface area contributed by atoms with Gasteiger partial charge in [-0.1, -0.05) is 18.2 Å². The molecule has 0 saturated heterocycles. The molecule has 3 aromatic rings. The molecule has 0 aliphatic rings. The molecular weight excluding hydrogens is 374 g/mol. The second kappa shape index (κ2) is 10.8. The van der Waals surface area contributed by atoms with E-state index in [-0.39, 0.29) is 12.5 Å². The maximum atomic E-state index is 12.3. The van der Waals surface area contributed by atoms with Crippen LogP contribution in [-0.4, -0.2) is 44.3 Å². The van der Waals surface area contributed by atoms with E-state index < -0.39 is 5.91 Å². The van der Waals surface area contributed by atoms with Crippen molar-refractivity contribution in [3.05, 3.63) is 65.4 Å². The third kappa shape index (κ3) is 5.81. The highest BCUT2D eigenvalue weighted by Gasteiger charge is 2.16. The Hall–Kier alpha value is -3.36. The minimum Gasteiger partial charge on any atom is -0.492 e. The number of carbonyl (C=O) groups is 2. The zero-order valence-electron chi connectivity index (χ0n) is 16.6. The molecule has 0 aliphatic carbocycles. The molecule has 0 unspecified atom stereocenters. The summed E-state index contributed by atoms with van der Waals surface area (Å²) < 4.78 is 11.1. The van der Waals surface area contributed by atoms with Gasteiger partial charge in [-0.2, -0.15) is 0 Å². The Morgan fingerprint density at radius 1 is 1.03 bits per heavy atom. The fourth-order valence-electron chi connectivity index (χ4n) is 2.57. The first-order valence-electron chi connectivity index (χ1n) is 9.04. The van der Waals surface area contributed by atoms with Gasteiger partial charge >= 0.3 is 0 Å². The maximum Gasteiger partial charge on any atom is 0.287 e. The number of benzene rings is 2. The average molecular weight is 399 g/mol. The highest BCUT2D eigenvalue weighted by atomic mass is 16.5. The minimum atomic E-state index is -0.593. The topological polar surface area (TPSA) is 113 Å². The third-order valence-corrected chi connectivity index (χ3v) is 3.92. The summed E-state index contributed by atoms with van der Waals surface area (Å²) in [5.41, 5.74) is 3.35. The van der Waals surface area contributed by atoms with Gasteiger partial charge in [0.1, 0.15) is 17.9 Å². The van der Waals surface area contributed by atoms with Crippen molar-refractivity contribution in [1.82, 2.24) is 16.1 Å². The predicted molar refractivity (Wildman–Crippen MR) is 109 cm³/mol. The zero-order chi connectivity index (χ0) is 21.2. The summed E-state index contributed by atoms with van der Waals surface area (Å²) in [6.07, 6.45) is 0. The number of para-hydroxylation sites is 1. The van der Waals surface area contributed by atoms with Crippen LogP contribution in [0.3, 0.4) is 0 Å². The van der Waals surface area contributed by atoms with Crippen molar-refractivity contribution in [2.24, 2.45) is 0 Å². The second-order valence-corrected chi connectivity index (χ2v) is 6.12. The van der Waals surface area contributed by atoms with Gasteiger partial charge in [0.15, 0.2) is 5.76 Å². The van der Waals surface area contributed by atoms with Gasteiger partial charge in [0.05, 0.1) is 6.54 Å². The van der Waals surface area contributed by atoms with Crippen LogP contribution in [0.4, 0.5) is 0 Å². The van der Waals surface area contributed by atoms with E-state index in [1.54, 1.807) is 17.6 Å². The summed E-state index contributed by atoms with van der Waals surface area (Å²) in [5.74, 6) is -0.0403. The highest BCUT2D eigenvalue weighted by Crippen LogP contribution is 2.24. The van der Waals surface area contributed by atoms with Crippen molar-refractivity contribution in [2.75, 3.05) is 27.2 Å². The summed E-state index contributed by atoms with van der Waals surface area (Å²) >= 11 is 0. The Bertz CT molecular complexity index is 951. The molecule has 2 aromatic carbocycles. The van der Waals surface area contributed by atoms with E-state index in [0.29, 0.717) is 29.2 Å². The highest BCUT2D eigenvalue weighted by molar-refractivity contribution is 5.98. The third-order valence-electron chi connectivity index (χ3n) is 3.92. The van der Waals surface area contributed by atoms with Gasteiger partial charge in [-0.25, -0.2) is 5.48 Å².